The van der Waals surface area contributed by atoms with E-state index in [-0.39, 0.29) is 34.6 Å². The van der Waals surface area contributed by atoms with Crippen LogP contribution in [0, 0.1) is 5.92 Å². The van der Waals surface area contributed by atoms with Gasteiger partial charge in [0.15, 0.2) is 0 Å². The van der Waals surface area contributed by atoms with Crippen LogP contribution in [-0.2, 0) is 4.79 Å². The molecule has 2 atom stereocenters. The van der Waals surface area contributed by atoms with Crippen molar-refractivity contribution in [3.05, 3.63) is 23.0 Å². The van der Waals surface area contributed by atoms with Crippen molar-refractivity contribution in [2.45, 2.75) is 25.8 Å². The zero-order chi connectivity index (χ0) is 14.9. The third-order valence-electron chi connectivity index (χ3n) is 3.68. The lowest BCUT2D eigenvalue weighted by atomic mass is 9.92. The molecule has 7 heteroatoms. The summed E-state index contributed by atoms with van der Waals surface area (Å²) < 4.78 is 0. The Balaban J connectivity index is 2.26. The number of primary amides is 1. The number of likely N-dealkylation sites (tertiary alicyclic amines) is 1. The van der Waals surface area contributed by atoms with Crippen molar-refractivity contribution in [3.63, 3.8) is 0 Å². The molecule has 108 valence electrons. The highest BCUT2D eigenvalue weighted by molar-refractivity contribution is 6.29. The lowest BCUT2D eigenvalue weighted by Gasteiger charge is -2.37. The minimum absolute atomic E-state index is 0.0319. The van der Waals surface area contributed by atoms with E-state index in [9.17, 15) is 9.59 Å². The molecule has 1 aliphatic rings. The number of piperidine rings is 1. The van der Waals surface area contributed by atoms with E-state index in [1.54, 1.807) is 4.90 Å². The Bertz CT molecular complexity index is 549. The third kappa shape index (κ3) is 2.85. The molecule has 0 saturated carbocycles. The molecule has 0 spiro atoms. The Morgan fingerprint density at radius 3 is 2.80 bits per heavy atom. The summed E-state index contributed by atoms with van der Waals surface area (Å²) in [6.07, 6.45) is 2.79. The number of carbonyl (C=O) groups is 2. The molecule has 0 aliphatic carbocycles. The van der Waals surface area contributed by atoms with E-state index < -0.39 is 0 Å². The zero-order valence-corrected chi connectivity index (χ0v) is 11.9. The number of nitrogens with two attached hydrogens (primary N) is 2. The molecule has 1 aromatic rings. The van der Waals surface area contributed by atoms with Gasteiger partial charge in [-0.05, 0) is 25.8 Å². The highest BCUT2D eigenvalue weighted by Crippen LogP contribution is 2.25. The van der Waals surface area contributed by atoms with E-state index >= 15 is 0 Å². The minimum atomic E-state index is -0.379. The summed E-state index contributed by atoms with van der Waals surface area (Å²) in [5, 5.41) is 0.207. The predicted molar refractivity (Wildman–Crippen MR) is 76.1 cm³/mol. The summed E-state index contributed by atoms with van der Waals surface area (Å²) in [4.78, 5) is 29.3. The fraction of sp³-hybridized carbons (Fsp3) is 0.462. The van der Waals surface area contributed by atoms with Crippen LogP contribution in [0.2, 0.25) is 5.15 Å². The number of hydrogen-bond acceptors (Lipinski definition) is 4. The van der Waals surface area contributed by atoms with Gasteiger partial charge >= 0.3 is 0 Å². The standard InChI is InChI=1S/C13H17ClN4O2/c1-7-2-3-8(12(16)19)6-18(7)13(20)9-4-11(14)17-5-10(9)15/h4-5,7-8H,2-3,6,15H2,1H3,(H2,16,19). The van der Waals surface area contributed by atoms with Gasteiger partial charge in [0, 0.05) is 12.6 Å². The van der Waals surface area contributed by atoms with Gasteiger partial charge in [-0.1, -0.05) is 11.6 Å². The summed E-state index contributed by atoms with van der Waals surface area (Å²) in [6.45, 7) is 2.25. The first-order chi connectivity index (χ1) is 9.40. The van der Waals surface area contributed by atoms with E-state index in [2.05, 4.69) is 4.98 Å². The molecule has 2 unspecified atom stereocenters. The lowest BCUT2D eigenvalue weighted by Crippen LogP contribution is -2.48. The molecule has 4 N–H and O–H groups in total. The fourth-order valence-corrected chi connectivity index (χ4v) is 2.56. The first-order valence-corrected chi connectivity index (χ1v) is 6.79. The number of hydrogen-bond donors (Lipinski definition) is 2. The monoisotopic (exact) mass is 296 g/mol. The molecule has 1 saturated heterocycles. The highest BCUT2D eigenvalue weighted by Gasteiger charge is 2.32. The Kier molecular flexibility index (Phi) is 4.13. The van der Waals surface area contributed by atoms with Crippen LogP contribution in [0.4, 0.5) is 5.69 Å². The number of halogens is 1. The summed E-state index contributed by atoms with van der Waals surface area (Å²) in [6, 6.07) is 1.48. The van der Waals surface area contributed by atoms with Crippen molar-refractivity contribution >= 4 is 29.1 Å². The number of amides is 2. The minimum Gasteiger partial charge on any atom is -0.397 e. The van der Waals surface area contributed by atoms with Gasteiger partial charge in [0.05, 0.1) is 23.4 Å². The lowest BCUT2D eigenvalue weighted by molar-refractivity contribution is -0.123. The van der Waals surface area contributed by atoms with E-state index in [0.29, 0.717) is 18.5 Å². The van der Waals surface area contributed by atoms with Gasteiger partial charge in [0.1, 0.15) is 5.15 Å². The molecule has 0 aromatic carbocycles. The Morgan fingerprint density at radius 1 is 1.45 bits per heavy atom. The summed E-state index contributed by atoms with van der Waals surface area (Å²) in [5.41, 5.74) is 11.7. The Hall–Kier alpha value is -1.82. The maximum atomic E-state index is 12.6. The number of nitrogen functional groups attached to an aromatic ring is 1. The van der Waals surface area contributed by atoms with Crippen molar-refractivity contribution in [3.8, 4) is 0 Å². The fourth-order valence-electron chi connectivity index (χ4n) is 2.40. The van der Waals surface area contributed by atoms with Gasteiger partial charge in [-0.15, -0.1) is 0 Å². The average molecular weight is 297 g/mol. The molecular weight excluding hydrogens is 280 g/mol. The number of pyridine rings is 1. The first-order valence-electron chi connectivity index (χ1n) is 6.41. The SMILES string of the molecule is CC1CCC(C(N)=O)CN1C(=O)c1cc(Cl)ncc1N. The van der Waals surface area contributed by atoms with Crippen LogP contribution in [0.3, 0.4) is 0 Å². The van der Waals surface area contributed by atoms with Gasteiger partial charge in [-0.3, -0.25) is 9.59 Å². The number of rotatable bonds is 2. The van der Waals surface area contributed by atoms with Crippen LogP contribution in [0.1, 0.15) is 30.1 Å². The summed E-state index contributed by atoms with van der Waals surface area (Å²) in [5.74, 6) is -0.936. The molecule has 2 amide bonds. The van der Waals surface area contributed by atoms with Crippen molar-refractivity contribution < 1.29 is 9.59 Å². The van der Waals surface area contributed by atoms with Crippen LogP contribution >= 0.6 is 11.6 Å². The molecule has 2 rings (SSSR count). The second-order valence-corrected chi connectivity index (χ2v) is 5.46. The molecule has 1 fully saturated rings. The van der Waals surface area contributed by atoms with E-state index in [1.165, 1.54) is 12.3 Å². The molecule has 6 nitrogen and oxygen atoms in total. The second kappa shape index (κ2) is 5.66. The maximum absolute atomic E-state index is 12.6. The van der Waals surface area contributed by atoms with E-state index in [4.69, 9.17) is 23.1 Å². The van der Waals surface area contributed by atoms with Crippen molar-refractivity contribution in [1.82, 2.24) is 9.88 Å². The molecule has 0 radical (unpaired) electrons. The number of aromatic nitrogens is 1. The van der Waals surface area contributed by atoms with Gasteiger partial charge < -0.3 is 16.4 Å². The topological polar surface area (TPSA) is 102 Å². The van der Waals surface area contributed by atoms with Crippen LogP contribution in [0.25, 0.3) is 0 Å². The van der Waals surface area contributed by atoms with E-state index in [1.807, 2.05) is 6.92 Å². The van der Waals surface area contributed by atoms with Gasteiger partial charge in [-0.25, -0.2) is 4.98 Å². The first kappa shape index (κ1) is 14.6. The van der Waals surface area contributed by atoms with Crippen LogP contribution < -0.4 is 11.5 Å². The highest BCUT2D eigenvalue weighted by atomic mass is 35.5. The molecule has 20 heavy (non-hydrogen) atoms. The van der Waals surface area contributed by atoms with Gasteiger partial charge in [0.25, 0.3) is 5.91 Å². The molecule has 2 heterocycles. The second-order valence-electron chi connectivity index (χ2n) is 5.08. The number of carbonyl (C=O) groups excluding carboxylic acids is 2. The van der Waals surface area contributed by atoms with Gasteiger partial charge in [-0.2, -0.15) is 0 Å². The zero-order valence-electron chi connectivity index (χ0n) is 11.2. The predicted octanol–water partition coefficient (Wildman–Crippen LogP) is 1.04. The molecule has 0 bridgehead atoms. The summed E-state index contributed by atoms with van der Waals surface area (Å²) in [7, 11) is 0. The third-order valence-corrected chi connectivity index (χ3v) is 3.88. The average Bonchev–Trinajstić information content (AvgIpc) is 2.41. The van der Waals surface area contributed by atoms with Crippen LogP contribution in [-0.4, -0.2) is 34.3 Å². The molecular formula is C13H17ClN4O2. The normalized spacial score (nSPS) is 22.6. The quantitative estimate of drug-likeness (QED) is 0.796. The largest absolute Gasteiger partial charge is 0.397 e. The summed E-state index contributed by atoms with van der Waals surface area (Å²) >= 11 is 5.80. The van der Waals surface area contributed by atoms with Crippen molar-refractivity contribution in [2.75, 3.05) is 12.3 Å². The number of anilines is 1. The van der Waals surface area contributed by atoms with Crippen LogP contribution in [0.5, 0.6) is 0 Å². The number of nitrogens with zero attached hydrogens (tertiary/aromatic N) is 2. The Morgan fingerprint density at radius 2 is 2.15 bits per heavy atom. The smallest absolute Gasteiger partial charge is 0.256 e. The van der Waals surface area contributed by atoms with Crippen molar-refractivity contribution in [1.29, 1.82) is 0 Å². The van der Waals surface area contributed by atoms with Crippen molar-refractivity contribution in [2.24, 2.45) is 11.7 Å². The Labute approximate surface area is 122 Å². The van der Waals surface area contributed by atoms with E-state index in [0.717, 1.165) is 6.42 Å². The van der Waals surface area contributed by atoms with Crippen LogP contribution in [0.15, 0.2) is 12.3 Å². The maximum Gasteiger partial charge on any atom is 0.256 e. The molecule has 1 aliphatic heterocycles. The molecule has 1 aromatic heterocycles. The van der Waals surface area contributed by atoms with Gasteiger partial charge in [0.2, 0.25) is 5.91 Å².